The summed E-state index contributed by atoms with van der Waals surface area (Å²) in [4.78, 5) is 13.6. The second-order valence-electron chi connectivity index (χ2n) is 4.48. The molecule has 1 saturated heterocycles. The topological polar surface area (TPSA) is 29.5 Å². The Hall–Kier alpha value is -1.07. The number of rotatable bonds is 3. The Morgan fingerprint density at radius 2 is 2.26 bits per heavy atom. The fourth-order valence-corrected chi connectivity index (χ4v) is 3.47. The zero-order valence-corrected chi connectivity index (χ0v) is 11.8. The summed E-state index contributed by atoms with van der Waals surface area (Å²) in [6.07, 6.45) is 0.779. The van der Waals surface area contributed by atoms with Gasteiger partial charge in [-0.2, -0.15) is 11.8 Å². The number of amides is 1. The van der Waals surface area contributed by atoms with E-state index in [1.54, 1.807) is 22.7 Å². The maximum atomic E-state index is 13.8. The molecule has 1 aliphatic rings. The van der Waals surface area contributed by atoms with E-state index < -0.39 is 0 Å². The van der Waals surface area contributed by atoms with E-state index in [1.165, 1.54) is 13.2 Å². The summed E-state index contributed by atoms with van der Waals surface area (Å²) in [5.74, 6) is 0.683. The first-order valence-corrected chi connectivity index (χ1v) is 7.40. The SMILES string of the molecule is COCC(=O)N1CCS[C@@H](c2ccccc2F)CC1. The molecule has 19 heavy (non-hydrogen) atoms. The van der Waals surface area contributed by atoms with E-state index in [2.05, 4.69) is 0 Å². The van der Waals surface area contributed by atoms with Gasteiger partial charge in [0.25, 0.3) is 0 Å². The van der Waals surface area contributed by atoms with Crippen LogP contribution < -0.4 is 0 Å². The van der Waals surface area contributed by atoms with E-state index in [-0.39, 0.29) is 23.6 Å². The molecule has 104 valence electrons. The van der Waals surface area contributed by atoms with Gasteiger partial charge >= 0.3 is 0 Å². The van der Waals surface area contributed by atoms with Crippen molar-refractivity contribution in [3.63, 3.8) is 0 Å². The Morgan fingerprint density at radius 3 is 3.00 bits per heavy atom. The highest BCUT2D eigenvalue weighted by Crippen LogP contribution is 2.35. The molecule has 1 aromatic rings. The maximum Gasteiger partial charge on any atom is 0.248 e. The predicted octanol–water partition coefficient (Wildman–Crippen LogP) is 2.48. The van der Waals surface area contributed by atoms with Gasteiger partial charge in [0.1, 0.15) is 12.4 Å². The van der Waals surface area contributed by atoms with E-state index in [4.69, 9.17) is 4.74 Å². The van der Waals surface area contributed by atoms with Crippen LogP contribution in [0.1, 0.15) is 17.2 Å². The lowest BCUT2D eigenvalue weighted by atomic mass is 10.1. The predicted molar refractivity (Wildman–Crippen MR) is 74.7 cm³/mol. The van der Waals surface area contributed by atoms with E-state index in [0.717, 1.165) is 17.7 Å². The van der Waals surface area contributed by atoms with Gasteiger partial charge in [0.05, 0.1) is 0 Å². The molecule has 0 aromatic heterocycles. The Bertz CT molecular complexity index is 441. The molecule has 0 N–H and O–H groups in total. The summed E-state index contributed by atoms with van der Waals surface area (Å²) in [7, 11) is 1.52. The highest BCUT2D eigenvalue weighted by atomic mass is 32.2. The van der Waals surface area contributed by atoms with E-state index in [9.17, 15) is 9.18 Å². The third kappa shape index (κ3) is 3.70. The third-order valence-corrected chi connectivity index (χ3v) is 4.52. The first kappa shape index (κ1) is 14.3. The number of hydrogen-bond donors (Lipinski definition) is 0. The molecule has 1 aromatic carbocycles. The molecule has 0 saturated carbocycles. The molecule has 1 fully saturated rings. The number of carbonyl (C=O) groups excluding carboxylic acids is 1. The molecule has 0 unspecified atom stereocenters. The summed E-state index contributed by atoms with van der Waals surface area (Å²) in [5, 5.41) is 0.126. The molecule has 0 aliphatic carbocycles. The average molecular weight is 283 g/mol. The Balaban J connectivity index is 2.01. The van der Waals surface area contributed by atoms with E-state index in [1.807, 2.05) is 12.1 Å². The van der Waals surface area contributed by atoms with Crippen LogP contribution in [0.25, 0.3) is 0 Å². The van der Waals surface area contributed by atoms with Crippen LogP contribution in [0.2, 0.25) is 0 Å². The fourth-order valence-electron chi connectivity index (χ4n) is 2.22. The van der Waals surface area contributed by atoms with Crippen molar-refractivity contribution in [1.82, 2.24) is 4.90 Å². The molecular formula is C14H18FNO2S. The highest BCUT2D eigenvalue weighted by molar-refractivity contribution is 7.99. The van der Waals surface area contributed by atoms with Crippen LogP contribution >= 0.6 is 11.8 Å². The molecule has 1 amide bonds. The minimum atomic E-state index is -0.156. The zero-order chi connectivity index (χ0) is 13.7. The van der Waals surface area contributed by atoms with Crippen molar-refractivity contribution in [2.45, 2.75) is 11.7 Å². The van der Waals surface area contributed by atoms with Crippen LogP contribution in [0.15, 0.2) is 24.3 Å². The molecule has 5 heteroatoms. The van der Waals surface area contributed by atoms with Crippen molar-refractivity contribution >= 4 is 17.7 Å². The summed E-state index contributed by atoms with van der Waals surface area (Å²) in [5.41, 5.74) is 0.744. The Labute approximate surface area is 117 Å². The second-order valence-corrected chi connectivity index (χ2v) is 5.79. The molecule has 1 atom stereocenters. The molecule has 0 spiro atoms. The van der Waals surface area contributed by atoms with Gasteiger partial charge in [0.15, 0.2) is 0 Å². The molecule has 0 bridgehead atoms. The van der Waals surface area contributed by atoms with Gasteiger partial charge in [-0.25, -0.2) is 4.39 Å². The molecule has 1 aliphatic heterocycles. The molecule has 1 heterocycles. The first-order valence-electron chi connectivity index (χ1n) is 6.35. The molecular weight excluding hydrogens is 265 g/mol. The smallest absolute Gasteiger partial charge is 0.248 e. The van der Waals surface area contributed by atoms with Crippen molar-refractivity contribution in [1.29, 1.82) is 0 Å². The maximum absolute atomic E-state index is 13.8. The fraction of sp³-hybridized carbons (Fsp3) is 0.500. The number of nitrogens with zero attached hydrogens (tertiary/aromatic N) is 1. The minimum absolute atomic E-state index is 0.0114. The zero-order valence-electron chi connectivity index (χ0n) is 11.0. The average Bonchev–Trinajstić information content (AvgIpc) is 2.65. The van der Waals surface area contributed by atoms with Crippen molar-refractivity contribution in [2.75, 3.05) is 32.6 Å². The normalized spacial score (nSPS) is 20.1. The van der Waals surface area contributed by atoms with Crippen molar-refractivity contribution in [2.24, 2.45) is 0 Å². The standard InChI is InChI=1S/C14H18FNO2S/c1-18-10-14(17)16-7-6-13(19-9-8-16)11-4-2-3-5-12(11)15/h2-5,13H,6-10H2,1H3/t13-/m1/s1. The molecule has 3 nitrogen and oxygen atoms in total. The van der Waals surface area contributed by atoms with E-state index >= 15 is 0 Å². The highest BCUT2D eigenvalue weighted by Gasteiger charge is 2.23. The third-order valence-electron chi connectivity index (χ3n) is 3.21. The van der Waals surface area contributed by atoms with Crippen LogP contribution in [0.4, 0.5) is 4.39 Å². The van der Waals surface area contributed by atoms with Gasteiger partial charge in [0.2, 0.25) is 5.91 Å². The number of benzene rings is 1. The van der Waals surface area contributed by atoms with Gasteiger partial charge < -0.3 is 9.64 Å². The van der Waals surface area contributed by atoms with Gasteiger partial charge in [-0.1, -0.05) is 18.2 Å². The van der Waals surface area contributed by atoms with Crippen molar-refractivity contribution in [3.8, 4) is 0 Å². The van der Waals surface area contributed by atoms with Crippen LogP contribution in [-0.2, 0) is 9.53 Å². The minimum Gasteiger partial charge on any atom is -0.375 e. The Kier molecular flexibility index (Phi) is 5.22. The van der Waals surface area contributed by atoms with Crippen LogP contribution in [-0.4, -0.2) is 43.4 Å². The summed E-state index contributed by atoms with van der Waals surface area (Å²) < 4.78 is 18.6. The van der Waals surface area contributed by atoms with Crippen molar-refractivity contribution in [3.05, 3.63) is 35.6 Å². The number of halogens is 1. The first-order chi connectivity index (χ1) is 9.22. The quantitative estimate of drug-likeness (QED) is 0.853. The van der Waals surface area contributed by atoms with Crippen LogP contribution in [0.3, 0.4) is 0 Å². The van der Waals surface area contributed by atoms with Gasteiger partial charge in [-0.05, 0) is 12.5 Å². The summed E-state index contributed by atoms with van der Waals surface area (Å²) >= 11 is 1.72. The van der Waals surface area contributed by atoms with Crippen LogP contribution in [0.5, 0.6) is 0 Å². The summed E-state index contributed by atoms with van der Waals surface area (Å²) in [6.45, 7) is 1.49. The molecule has 0 radical (unpaired) electrons. The summed E-state index contributed by atoms with van der Waals surface area (Å²) in [6, 6.07) is 6.89. The number of methoxy groups -OCH3 is 1. The van der Waals surface area contributed by atoms with Crippen molar-refractivity contribution < 1.29 is 13.9 Å². The molecule has 2 rings (SSSR count). The lowest BCUT2D eigenvalue weighted by Gasteiger charge is -2.19. The van der Waals surface area contributed by atoms with Crippen LogP contribution in [0, 0.1) is 5.82 Å². The lowest BCUT2D eigenvalue weighted by Crippen LogP contribution is -2.35. The number of hydrogen-bond acceptors (Lipinski definition) is 3. The monoisotopic (exact) mass is 283 g/mol. The second kappa shape index (κ2) is 6.91. The van der Waals surface area contributed by atoms with E-state index in [0.29, 0.717) is 13.1 Å². The number of ether oxygens (including phenoxy) is 1. The number of carbonyl (C=O) groups is 1. The number of thioether (sulfide) groups is 1. The van der Waals surface area contributed by atoms with Gasteiger partial charge in [-0.3, -0.25) is 4.79 Å². The van der Waals surface area contributed by atoms with Gasteiger partial charge in [0, 0.05) is 36.8 Å². The Morgan fingerprint density at radius 1 is 1.47 bits per heavy atom. The van der Waals surface area contributed by atoms with Gasteiger partial charge in [-0.15, -0.1) is 0 Å². The largest absolute Gasteiger partial charge is 0.375 e. The lowest BCUT2D eigenvalue weighted by molar-refractivity contribution is -0.134.